The van der Waals surface area contributed by atoms with Crippen molar-refractivity contribution in [3.63, 3.8) is 0 Å². The van der Waals surface area contributed by atoms with Gasteiger partial charge in [0.05, 0.1) is 17.8 Å². The average Bonchev–Trinajstić information content (AvgIpc) is 3.17. The quantitative estimate of drug-likeness (QED) is 0.546. The Balaban J connectivity index is 1.49. The van der Waals surface area contributed by atoms with Gasteiger partial charge in [0.2, 0.25) is 5.65 Å². The second-order valence-corrected chi connectivity index (χ2v) is 6.90. The molecule has 0 radical (unpaired) electrons. The number of nitrogens with zero attached hydrogens (tertiary/aromatic N) is 4. The van der Waals surface area contributed by atoms with Crippen LogP contribution in [0.25, 0.3) is 16.6 Å². The number of nitrogen functional groups attached to an aromatic ring is 2. The molecule has 0 aliphatic carbocycles. The van der Waals surface area contributed by atoms with Gasteiger partial charge in [-0.2, -0.15) is 4.52 Å². The lowest BCUT2D eigenvalue weighted by Gasteiger charge is -2.14. The molecule has 0 fully saturated rings. The molecule has 7 nitrogen and oxygen atoms in total. The number of pyridine rings is 1. The van der Waals surface area contributed by atoms with Gasteiger partial charge in [0.15, 0.2) is 0 Å². The van der Waals surface area contributed by atoms with Gasteiger partial charge in [0.1, 0.15) is 5.69 Å². The topological polar surface area (TPSA) is 104 Å². The fourth-order valence-electron chi connectivity index (χ4n) is 3.31. The van der Waals surface area contributed by atoms with Gasteiger partial charge in [-0.05, 0) is 46.0 Å². The van der Waals surface area contributed by atoms with E-state index in [9.17, 15) is 0 Å². The molecule has 2 aromatic carbocycles. The molecule has 4 N–H and O–H groups in total. The van der Waals surface area contributed by atoms with Crippen LogP contribution in [-0.2, 0) is 17.8 Å². The van der Waals surface area contributed by atoms with Gasteiger partial charge in [-0.3, -0.25) is 0 Å². The molecule has 2 heterocycles. The van der Waals surface area contributed by atoms with E-state index in [-0.39, 0.29) is 0 Å². The number of nitrogens with two attached hydrogens (primary N) is 2. The van der Waals surface area contributed by atoms with Crippen LogP contribution in [0.1, 0.15) is 18.1 Å². The van der Waals surface area contributed by atoms with Crippen LogP contribution in [0.15, 0.2) is 48.5 Å². The molecule has 1 unspecified atom stereocenters. The molecule has 0 bridgehead atoms. The Bertz CT molecular complexity index is 1080. The van der Waals surface area contributed by atoms with Gasteiger partial charge < -0.3 is 16.2 Å². The smallest absolute Gasteiger partial charge is 0.204 e. The van der Waals surface area contributed by atoms with Crippen LogP contribution in [0.2, 0.25) is 0 Å². The van der Waals surface area contributed by atoms with Crippen molar-refractivity contribution in [2.75, 3.05) is 18.1 Å². The molecule has 0 spiro atoms. The predicted octanol–water partition coefficient (Wildman–Crippen LogP) is 2.84. The van der Waals surface area contributed by atoms with E-state index in [0.29, 0.717) is 36.2 Å². The van der Waals surface area contributed by atoms with E-state index >= 15 is 0 Å². The summed E-state index contributed by atoms with van der Waals surface area (Å²) in [6.45, 7) is 3.50. The number of rotatable bonds is 6. The monoisotopic (exact) mass is 362 g/mol. The molecule has 0 saturated heterocycles. The Labute approximate surface area is 156 Å². The summed E-state index contributed by atoms with van der Waals surface area (Å²) in [5.41, 5.74) is 16.9. The van der Waals surface area contributed by atoms with Crippen LogP contribution in [0.3, 0.4) is 0 Å². The minimum absolute atomic E-state index is 0.376. The van der Waals surface area contributed by atoms with E-state index in [2.05, 4.69) is 46.7 Å². The van der Waals surface area contributed by atoms with Crippen molar-refractivity contribution in [3.8, 4) is 0 Å². The third kappa shape index (κ3) is 3.41. The summed E-state index contributed by atoms with van der Waals surface area (Å²) in [7, 11) is 0. The Morgan fingerprint density at radius 1 is 1.04 bits per heavy atom. The van der Waals surface area contributed by atoms with E-state index < -0.39 is 0 Å². The Kier molecular flexibility index (Phi) is 4.60. The van der Waals surface area contributed by atoms with E-state index in [0.717, 1.165) is 17.3 Å². The summed E-state index contributed by atoms with van der Waals surface area (Å²) in [6, 6.07) is 16.3. The zero-order valence-electron chi connectivity index (χ0n) is 15.2. The summed E-state index contributed by atoms with van der Waals surface area (Å²) in [4.78, 5) is 0. The maximum atomic E-state index is 6.23. The number of hydrogen-bond acceptors (Lipinski definition) is 6. The maximum absolute atomic E-state index is 6.23. The SMILES string of the molecule is CC(COCc1ccccc1)Cc1ccc2c(c1)c(N)c(N)c1nnnn12. The molecular weight excluding hydrogens is 340 g/mol. The molecule has 138 valence electrons. The highest BCUT2D eigenvalue weighted by Gasteiger charge is 2.14. The number of ether oxygens (including phenoxy) is 1. The van der Waals surface area contributed by atoms with Crippen LogP contribution < -0.4 is 11.5 Å². The van der Waals surface area contributed by atoms with Crippen LogP contribution in [-0.4, -0.2) is 26.6 Å². The van der Waals surface area contributed by atoms with Gasteiger partial charge in [-0.1, -0.05) is 43.3 Å². The first kappa shape index (κ1) is 17.2. The minimum atomic E-state index is 0.376. The van der Waals surface area contributed by atoms with E-state index in [1.807, 2.05) is 24.3 Å². The highest BCUT2D eigenvalue weighted by molar-refractivity contribution is 6.01. The molecule has 27 heavy (non-hydrogen) atoms. The molecule has 0 aliphatic rings. The van der Waals surface area contributed by atoms with Crippen molar-refractivity contribution >= 4 is 27.9 Å². The summed E-state index contributed by atoms with van der Waals surface area (Å²) >= 11 is 0. The maximum Gasteiger partial charge on any atom is 0.204 e. The van der Waals surface area contributed by atoms with Crippen LogP contribution in [0.5, 0.6) is 0 Å². The molecule has 0 aliphatic heterocycles. The van der Waals surface area contributed by atoms with Crippen molar-refractivity contribution in [1.82, 2.24) is 20.0 Å². The van der Waals surface area contributed by atoms with Crippen LogP contribution >= 0.6 is 0 Å². The first-order valence-corrected chi connectivity index (χ1v) is 8.93. The number of anilines is 2. The Morgan fingerprint density at radius 3 is 2.67 bits per heavy atom. The van der Waals surface area contributed by atoms with E-state index in [4.69, 9.17) is 16.2 Å². The number of aromatic nitrogens is 4. The predicted molar refractivity (Wildman–Crippen MR) is 106 cm³/mol. The van der Waals surface area contributed by atoms with Crippen LogP contribution in [0.4, 0.5) is 11.4 Å². The normalized spacial score (nSPS) is 12.6. The summed E-state index contributed by atoms with van der Waals surface area (Å²) in [5.74, 6) is 0.376. The lowest BCUT2D eigenvalue weighted by Crippen LogP contribution is -2.09. The molecule has 0 saturated carbocycles. The zero-order chi connectivity index (χ0) is 18.8. The first-order chi connectivity index (χ1) is 13.1. The Morgan fingerprint density at radius 2 is 1.85 bits per heavy atom. The minimum Gasteiger partial charge on any atom is -0.396 e. The third-order valence-electron chi connectivity index (χ3n) is 4.68. The Hall–Kier alpha value is -3.19. The highest BCUT2D eigenvalue weighted by Crippen LogP contribution is 2.30. The zero-order valence-corrected chi connectivity index (χ0v) is 15.2. The fraction of sp³-hybridized carbons (Fsp3) is 0.250. The standard InChI is InChI=1S/C20H22N6O/c1-13(11-27-12-14-5-3-2-4-6-14)9-15-7-8-17-16(10-15)18(21)19(22)20-23-24-25-26(17)20/h2-8,10,13H,9,11-12,21-22H2,1H3. The number of fused-ring (bicyclic) bond motifs is 3. The van der Waals surface area contributed by atoms with Crippen molar-refractivity contribution in [2.45, 2.75) is 20.0 Å². The molecular formula is C20H22N6O. The lowest BCUT2D eigenvalue weighted by atomic mass is 9.99. The van der Waals surface area contributed by atoms with Gasteiger partial charge in [0.25, 0.3) is 0 Å². The van der Waals surface area contributed by atoms with E-state index in [1.165, 1.54) is 11.1 Å². The second-order valence-electron chi connectivity index (χ2n) is 6.90. The molecule has 2 aromatic heterocycles. The lowest BCUT2D eigenvalue weighted by molar-refractivity contribution is 0.0922. The average molecular weight is 362 g/mol. The summed E-state index contributed by atoms with van der Waals surface area (Å²) in [6.07, 6.45) is 0.887. The molecule has 4 rings (SSSR count). The number of tetrazole rings is 1. The molecule has 7 heteroatoms. The molecule has 4 aromatic rings. The molecule has 0 amide bonds. The van der Waals surface area contributed by atoms with Crippen molar-refractivity contribution in [3.05, 3.63) is 59.7 Å². The van der Waals surface area contributed by atoms with Gasteiger partial charge >= 0.3 is 0 Å². The number of benzene rings is 2. The van der Waals surface area contributed by atoms with Gasteiger partial charge in [-0.15, -0.1) is 5.10 Å². The largest absolute Gasteiger partial charge is 0.396 e. The summed E-state index contributed by atoms with van der Waals surface area (Å²) < 4.78 is 7.48. The third-order valence-corrected chi connectivity index (χ3v) is 4.68. The fourth-order valence-corrected chi connectivity index (χ4v) is 3.31. The van der Waals surface area contributed by atoms with Crippen molar-refractivity contribution in [1.29, 1.82) is 0 Å². The van der Waals surface area contributed by atoms with Crippen molar-refractivity contribution < 1.29 is 4.74 Å². The molecule has 1 atom stereocenters. The summed E-state index contributed by atoms with van der Waals surface area (Å²) in [5, 5.41) is 12.5. The second kappa shape index (κ2) is 7.20. The van der Waals surface area contributed by atoms with Crippen molar-refractivity contribution in [2.24, 2.45) is 5.92 Å². The highest BCUT2D eigenvalue weighted by atomic mass is 16.5. The van der Waals surface area contributed by atoms with Gasteiger partial charge in [-0.25, -0.2) is 0 Å². The van der Waals surface area contributed by atoms with Crippen LogP contribution in [0, 0.1) is 5.92 Å². The number of hydrogen-bond donors (Lipinski definition) is 2. The van der Waals surface area contributed by atoms with Gasteiger partial charge in [0, 0.05) is 12.0 Å². The first-order valence-electron chi connectivity index (χ1n) is 8.93. The van der Waals surface area contributed by atoms with E-state index in [1.54, 1.807) is 4.52 Å².